The molecule has 0 aliphatic carbocycles. The normalized spacial score (nSPS) is 10.6. The number of hydrogen-bond donors (Lipinski definition) is 1. The van der Waals surface area contributed by atoms with E-state index in [-0.39, 0.29) is 11.7 Å². The molecule has 2 heterocycles. The third-order valence-corrected chi connectivity index (χ3v) is 7.09. The number of thiophene rings is 1. The quantitative estimate of drug-likeness (QED) is 0.170. The Morgan fingerprint density at radius 2 is 1.83 bits per heavy atom. The zero-order valence-electron chi connectivity index (χ0n) is 19.8. The minimum Gasteiger partial charge on any atom is -0.497 e. The molecule has 0 radical (unpaired) electrons. The summed E-state index contributed by atoms with van der Waals surface area (Å²) >= 11 is 2.53. The van der Waals surface area contributed by atoms with E-state index in [1.807, 2.05) is 64.5 Å². The van der Waals surface area contributed by atoms with E-state index in [0.717, 1.165) is 11.1 Å². The van der Waals surface area contributed by atoms with Gasteiger partial charge < -0.3 is 14.8 Å². The van der Waals surface area contributed by atoms with Crippen LogP contribution >= 0.6 is 23.1 Å². The highest BCUT2D eigenvalue weighted by Gasteiger charge is 2.23. The number of methoxy groups -OCH3 is 2. The summed E-state index contributed by atoms with van der Waals surface area (Å²) in [6.45, 7) is 4.32. The van der Waals surface area contributed by atoms with Crippen LogP contribution in [0.25, 0.3) is 22.5 Å². The standard InChI is InChI=1S/C26H24N4O4S2/c1-4-14-30-23(18-8-6-5-7-9-18)28-29-26(30)36-16-21(31)27-24-22(25(32)34-3)20(15-35-24)17-10-12-19(33-2)13-11-17/h4-13,15H,1,14,16H2,2-3H3,(H,27,31). The summed E-state index contributed by atoms with van der Waals surface area (Å²) < 4.78 is 12.1. The van der Waals surface area contributed by atoms with Crippen molar-refractivity contribution in [3.8, 4) is 28.3 Å². The first-order chi connectivity index (χ1) is 17.5. The fourth-order valence-electron chi connectivity index (χ4n) is 3.52. The van der Waals surface area contributed by atoms with Crippen molar-refractivity contribution in [1.82, 2.24) is 14.8 Å². The second kappa shape index (κ2) is 11.7. The molecule has 184 valence electrons. The molecule has 0 unspecified atom stereocenters. The van der Waals surface area contributed by atoms with Gasteiger partial charge in [0.15, 0.2) is 11.0 Å². The number of aromatic nitrogens is 3. The average Bonchev–Trinajstić information content (AvgIpc) is 3.52. The molecule has 0 aliphatic heterocycles. The topological polar surface area (TPSA) is 95.3 Å². The number of benzene rings is 2. The summed E-state index contributed by atoms with van der Waals surface area (Å²) in [5.41, 5.74) is 2.73. The lowest BCUT2D eigenvalue weighted by molar-refractivity contribution is -0.113. The SMILES string of the molecule is C=CCn1c(SCC(=O)Nc2scc(-c3ccc(OC)cc3)c2C(=O)OC)nnc1-c1ccccc1. The molecule has 4 rings (SSSR count). The fraction of sp³-hybridized carbons (Fsp3) is 0.154. The highest BCUT2D eigenvalue weighted by Crippen LogP contribution is 2.37. The molecule has 2 aromatic carbocycles. The van der Waals surface area contributed by atoms with Gasteiger partial charge in [-0.1, -0.05) is 60.3 Å². The number of hydrogen-bond acceptors (Lipinski definition) is 8. The Hall–Kier alpha value is -3.89. The van der Waals surface area contributed by atoms with Gasteiger partial charge in [0.2, 0.25) is 5.91 Å². The Labute approximate surface area is 217 Å². The smallest absolute Gasteiger partial charge is 0.341 e. The average molecular weight is 521 g/mol. The van der Waals surface area contributed by atoms with Crippen LogP contribution in [-0.4, -0.2) is 46.6 Å². The Morgan fingerprint density at radius 1 is 1.08 bits per heavy atom. The lowest BCUT2D eigenvalue weighted by atomic mass is 10.0. The minimum atomic E-state index is -0.525. The van der Waals surface area contributed by atoms with E-state index in [2.05, 4.69) is 22.1 Å². The van der Waals surface area contributed by atoms with Gasteiger partial charge in [0, 0.05) is 23.1 Å². The number of carbonyl (C=O) groups excluding carboxylic acids is 2. The van der Waals surface area contributed by atoms with Crippen LogP contribution in [0, 0.1) is 0 Å². The number of anilines is 1. The maximum atomic E-state index is 12.9. The number of nitrogens with zero attached hydrogens (tertiary/aromatic N) is 3. The number of carbonyl (C=O) groups is 2. The second-order valence-corrected chi connectivity index (χ2v) is 9.30. The van der Waals surface area contributed by atoms with Crippen molar-refractivity contribution in [3.63, 3.8) is 0 Å². The molecule has 0 atom stereocenters. The van der Waals surface area contributed by atoms with E-state index in [9.17, 15) is 9.59 Å². The van der Waals surface area contributed by atoms with E-state index >= 15 is 0 Å². The van der Waals surface area contributed by atoms with Gasteiger partial charge in [-0.2, -0.15) is 0 Å². The third kappa shape index (κ3) is 5.50. The lowest BCUT2D eigenvalue weighted by Crippen LogP contribution is -2.16. The van der Waals surface area contributed by atoms with Crippen molar-refractivity contribution in [2.24, 2.45) is 0 Å². The molecule has 36 heavy (non-hydrogen) atoms. The summed E-state index contributed by atoms with van der Waals surface area (Å²) in [5, 5.41) is 14.3. The van der Waals surface area contributed by atoms with Gasteiger partial charge in [0.25, 0.3) is 0 Å². The van der Waals surface area contributed by atoms with E-state index < -0.39 is 5.97 Å². The Kier molecular flexibility index (Phi) is 8.19. The first kappa shape index (κ1) is 25.2. The number of ether oxygens (including phenoxy) is 2. The van der Waals surface area contributed by atoms with Crippen LogP contribution in [0.1, 0.15) is 10.4 Å². The second-order valence-electron chi connectivity index (χ2n) is 7.48. The van der Waals surface area contributed by atoms with Crippen molar-refractivity contribution in [3.05, 3.63) is 78.2 Å². The maximum Gasteiger partial charge on any atom is 0.341 e. The monoisotopic (exact) mass is 520 g/mol. The van der Waals surface area contributed by atoms with Gasteiger partial charge in [-0.15, -0.1) is 28.1 Å². The predicted octanol–water partition coefficient (Wildman–Crippen LogP) is 5.39. The molecule has 0 fully saturated rings. The van der Waals surface area contributed by atoms with Crippen LogP contribution in [0.15, 0.2) is 77.8 Å². The summed E-state index contributed by atoms with van der Waals surface area (Å²) in [6, 6.07) is 17.0. The number of esters is 1. The number of amides is 1. The zero-order valence-corrected chi connectivity index (χ0v) is 21.4. The van der Waals surface area contributed by atoms with Crippen molar-refractivity contribution in [2.45, 2.75) is 11.7 Å². The largest absolute Gasteiger partial charge is 0.497 e. The number of thioether (sulfide) groups is 1. The molecule has 1 N–H and O–H groups in total. The maximum absolute atomic E-state index is 12.9. The van der Waals surface area contributed by atoms with E-state index in [4.69, 9.17) is 9.47 Å². The molecule has 2 aromatic heterocycles. The van der Waals surface area contributed by atoms with Gasteiger partial charge in [-0.3, -0.25) is 9.36 Å². The molecule has 0 saturated heterocycles. The molecular weight excluding hydrogens is 496 g/mol. The van der Waals surface area contributed by atoms with E-state index in [1.54, 1.807) is 13.2 Å². The molecular formula is C26H24N4O4S2. The molecule has 0 saturated carbocycles. The Bertz CT molecular complexity index is 1360. The molecule has 0 aliphatic rings. The minimum absolute atomic E-state index is 0.0838. The molecule has 0 spiro atoms. The highest BCUT2D eigenvalue weighted by molar-refractivity contribution is 7.99. The molecule has 10 heteroatoms. The van der Waals surface area contributed by atoms with Crippen LogP contribution < -0.4 is 10.1 Å². The summed E-state index contributed by atoms with van der Waals surface area (Å²) in [4.78, 5) is 25.5. The first-order valence-electron chi connectivity index (χ1n) is 10.9. The molecule has 1 amide bonds. The third-order valence-electron chi connectivity index (χ3n) is 5.23. The van der Waals surface area contributed by atoms with Crippen molar-refractivity contribution in [2.75, 3.05) is 25.3 Å². The van der Waals surface area contributed by atoms with Crippen molar-refractivity contribution < 1.29 is 19.1 Å². The zero-order chi connectivity index (χ0) is 25.5. The van der Waals surface area contributed by atoms with E-state index in [1.165, 1.54) is 30.2 Å². The molecule has 8 nitrogen and oxygen atoms in total. The highest BCUT2D eigenvalue weighted by atomic mass is 32.2. The van der Waals surface area contributed by atoms with Gasteiger partial charge in [-0.05, 0) is 17.7 Å². The number of allylic oxidation sites excluding steroid dienone is 1. The van der Waals surface area contributed by atoms with Gasteiger partial charge in [-0.25, -0.2) is 4.79 Å². The summed E-state index contributed by atoms with van der Waals surface area (Å²) in [5.74, 6) is 0.694. The van der Waals surface area contributed by atoms with Crippen molar-refractivity contribution in [1.29, 1.82) is 0 Å². The number of rotatable bonds is 10. The van der Waals surface area contributed by atoms with Gasteiger partial charge in [0.1, 0.15) is 16.3 Å². The molecule has 0 bridgehead atoms. The Balaban J connectivity index is 1.51. The van der Waals surface area contributed by atoms with Crippen molar-refractivity contribution >= 4 is 40.0 Å². The van der Waals surface area contributed by atoms with Gasteiger partial charge in [0.05, 0.1) is 20.0 Å². The van der Waals surface area contributed by atoms with Crippen LogP contribution in [0.5, 0.6) is 5.75 Å². The van der Waals surface area contributed by atoms with Crippen LogP contribution in [-0.2, 0) is 16.1 Å². The van der Waals surface area contributed by atoms with Crippen LogP contribution in [0.2, 0.25) is 0 Å². The summed E-state index contributed by atoms with van der Waals surface area (Å²) in [7, 11) is 2.91. The van der Waals surface area contributed by atoms with Crippen LogP contribution in [0.3, 0.4) is 0 Å². The fourth-order valence-corrected chi connectivity index (χ4v) is 5.24. The summed E-state index contributed by atoms with van der Waals surface area (Å²) in [6.07, 6.45) is 1.76. The lowest BCUT2D eigenvalue weighted by Gasteiger charge is -2.09. The van der Waals surface area contributed by atoms with Crippen LogP contribution in [0.4, 0.5) is 5.00 Å². The van der Waals surface area contributed by atoms with E-state index in [0.29, 0.717) is 39.4 Å². The predicted molar refractivity (Wildman–Crippen MR) is 143 cm³/mol. The van der Waals surface area contributed by atoms with Gasteiger partial charge >= 0.3 is 5.97 Å². The molecule has 4 aromatic rings. The number of nitrogens with one attached hydrogen (secondary N) is 1. The Morgan fingerprint density at radius 3 is 2.50 bits per heavy atom. The first-order valence-corrected chi connectivity index (χ1v) is 12.8.